The predicted molar refractivity (Wildman–Crippen MR) is 66.1 cm³/mol. The molecule has 8 heteroatoms. The highest BCUT2D eigenvalue weighted by atomic mass is 19.4. The molecule has 1 fully saturated rings. The zero-order chi connectivity index (χ0) is 15.6. The molecule has 0 aliphatic carbocycles. The van der Waals surface area contributed by atoms with Crippen molar-refractivity contribution in [3.8, 4) is 0 Å². The average Bonchev–Trinajstić information content (AvgIpc) is 2.46. The Hall–Kier alpha value is -1.86. The van der Waals surface area contributed by atoms with Crippen molar-refractivity contribution < 1.29 is 26.7 Å². The Bertz CT molecular complexity index is 494. The highest BCUT2D eigenvalue weighted by molar-refractivity contribution is 5.82. The van der Waals surface area contributed by atoms with Crippen LogP contribution in [-0.2, 0) is 4.79 Å². The van der Waals surface area contributed by atoms with Gasteiger partial charge in [0.1, 0.15) is 5.82 Å². The summed E-state index contributed by atoms with van der Waals surface area (Å²) in [5, 5.41) is 0. The third-order valence-corrected chi connectivity index (χ3v) is 3.29. The maximum atomic E-state index is 13.0. The molecule has 116 valence electrons. The number of anilines is 1. The summed E-state index contributed by atoms with van der Waals surface area (Å²) in [4.78, 5) is 14.1. The molecule has 0 N–H and O–H groups in total. The van der Waals surface area contributed by atoms with Gasteiger partial charge >= 0.3 is 6.18 Å². The van der Waals surface area contributed by atoms with Gasteiger partial charge in [-0.2, -0.15) is 13.2 Å². The number of halogens is 5. The number of nitrogens with zero attached hydrogens (tertiary/aromatic N) is 2. The molecule has 1 aliphatic heterocycles. The van der Waals surface area contributed by atoms with Crippen LogP contribution in [0.5, 0.6) is 0 Å². The Kier molecular flexibility index (Phi) is 4.34. The van der Waals surface area contributed by atoms with Crippen molar-refractivity contribution in [3.63, 3.8) is 0 Å². The van der Waals surface area contributed by atoms with Crippen molar-refractivity contribution in [1.29, 1.82) is 0 Å². The average molecular weight is 308 g/mol. The molecule has 1 saturated heterocycles. The van der Waals surface area contributed by atoms with Gasteiger partial charge in [-0.3, -0.25) is 4.79 Å². The SMILES string of the molecule is O=C([C@@H](F)C(F)(F)F)N1CCN(c2ccc(F)cc2)CC1. The number of benzene rings is 1. The van der Waals surface area contributed by atoms with Crippen LogP contribution in [0.1, 0.15) is 0 Å². The molecule has 21 heavy (non-hydrogen) atoms. The van der Waals surface area contributed by atoms with E-state index in [2.05, 4.69) is 0 Å². The molecule has 1 atom stereocenters. The minimum atomic E-state index is -5.18. The van der Waals surface area contributed by atoms with Crippen LogP contribution in [0.3, 0.4) is 0 Å². The topological polar surface area (TPSA) is 23.6 Å². The molecule has 0 saturated carbocycles. The normalized spacial score (nSPS) is 17.8. The Morgan fingerprint density at radius 2 is 1.57 bits per heavy atom. The van der Waals surface area contributed by atoms with E-state index < -0.39 is 24.1 Å². The van der Waals surface area contributed by atoms with Crippen LogP contribution in [0.25, 0.3) is 0 Å². The molecule has 0 radical (unpaired) electrons. The van der Waals surface area contributed by atoms with Crippen molar-refractivity contribution >= 4 is 11.6 Å². The minimum Gasteiger partial charge on any atom is -0.368 e. The van der Waals surface area contributed by atoms with Gasteiger partial charge in [0, 0.05) is 31.9 Å². The Balaban J connectivity index is 1.94. The zero-order valence-corrected chi connectivity index (χ0v) is 10.9. The minimum absolute atomic E-state index is 0.00723. The lowest BCUT2D eigenvalue weighted by Gasteiger charge is -2.36. The van der Waals surface area contributed by atoms with Gasteiger partial charge in [0.15, 0.2) is 0 Å². The Morgan fingerprint density at radius 3 is 2.05 bits per heavy atom. The van der Waals surface area contributed by atoms with Gasteiger partial charge in [-0.25, -0.2) is 8.78 Å². The van der Waals surface area contributed by atoms with E-state index in [1.54, 1.807) is 17.0 Å². The number of hydrogen-bond acceptors (Lipinski definition) is 2. The molecule has 1 aromatic rings. The number of rotatable bonds is 2. The summed E-state index contributed by atoms with van der Waals surface area (Å²) in [6, 6.07) is 5.63. The molecule has 1 aliphatic rings. The monoisotopic (exact) mass is 308 g/mol. The van der Waals surface area contributed by atoms with Gasteiger partial charge in [0.05, 0.1) is 0 Å². The molecular weight excluding hydrogens is 295 g/mol. The van der Waals surface area contributed by atoms with Crippen LogP contribution in [0, 0.1) is 5.82 Å². The van der Waals surface area contributed by atoms with Crippen LogP contribution >= 0.6 is 0 Å². The molecule has 0 bridgehead atoms. The number of amides is 1. The predicted octanol–water partition coefficient (Wildman–Crippen LogP) is 2.37. The summed E-state index contributed by atoms with van der Waals surface area (Å²) < 4.78 is 62.3. The maximum Gasteiger partial charge on any atom is 0.428 e. The van der Waals surface area contributed by atoms with E-state index in [1.165, 1.54) is 12.1 Å². The molecule has 1 aromatic carbocycles. The fourth-order valence-corrected chi connectivity index (χ4v) is 2.14. The summed E-state index contributed by atoms with van der Waals surface area (Å²) >= 11 is 0. The summed E-state index contributed by atoms with van der Waals surface area (Å²) in [6.07, 6.45) is -8.65. The van der Waals surface area contributed by atoms with Gasteiger partial charge in [0.2, 0.25) is 0 Å². The van der Waals surface area contributed by atoms with Gasteiger partial charge < -0.3 is 9.80 Å². The van der Waals surface area contributed by atoms with Gasteiger partial charge in [-0.05, 0) is 24.3 Å². The Morgan fingerprint density at radius 1 is 1.05 bits per heavy atom. The molecule has 0 unspecified atom stereocenters. The van der Waals surface area contributed by atoms with Crippen molar-refractivity contribution in [1.82, 2.24) is 4.90 Å². The van der Waals surface area contributed by atoms with Crippen LogP contribution in [0.4, 0.5) is 27.6 Å². The quantitative estimate of drug-likeness (QED) is 0.783. The first-order valence-corrected chi connectivity index (χ1v) is 6.29. The first kappa shape index (κ1) is 15.5. The van der Waals surface area contributed by atoms with Gasteiger partial charge in [0.25, 0.3) is 12.1 Å². The smallest absolute Gasteiger partial charge is 0.368 e. The van der Waals surface area contributed by atoms with Crippen molar-refractivity contribution in [3.05, 3.63) is 30.1 Å². The third kappa shape index (κ3) is 3.62. The molecule has 3 nitrogen and oxygen atoms in total. The van der Waals surface area contributed by atoms with Crippen LogP contribution < -0.4 is 4.90 Å². The summed E-state index contributed by atoms with van der Waals surface area (Å²) in [5.74, 6) is -1.95. The highest BCUT2D eigenvalue weighted by Crippen LogP contribution is 2.25. The molecule has 2 rings (SSSR count). The second-order valence-electron chi connectivity index (χ2n) is 4.69. The third-order valence-electron chi connectivity index (χ3n) is 3.29. The van der Waals surface area contributed by atoms with E-state index in [0.29, 0.717) is 5.69 Å². The largest absolute Gasteiger partial charge is 0.428 e. The molecule has 1 heterocycles. The molecular formula is C13H13F5N2O. The number of alkyl halides is 4. The summed E-state index contributed by atoms with van der Waals surface area (Å²) in [6.45, 7) is 0.517. The lowest BCUT2D eigenvalue weighted by Crippen LogP contribution is -2.53. The maximum absolute atomic E-state index is 13.0. The standard InChI is InChI=1S/C13H13F5N2O/c14-9-1-3-10(4-2-9)19-5-7-20(8-6-19)12(21)11(15)13(16,17)18/h1-4,11H,5-8H2/t11-/m1/s1. The number of carbonyl (C=O) groups is 1. The number of piperazine rings is 1. The van der Waals surface area contributed by atoms with Crippen molar-refractivity contribution in [2.45, 2.75) is 12.3 Å². The van der Waals surface area contributed by atoms with E-state index in [1.807, 2.05) is 0 Å². The van der Waals surface area contributed by atoms with E-state index in [0.717, 1.165) is 4.90 Å². The van der Waals surface area contributed by atoms with E-state index in [-0.39, 0.29) is 26.2 Å². The lowest BCUT2D eigenvalue weighted by molar-refractivity contribution is -0.193. The number of carbonyl (C=O) groups excluding carboxylic acids is 1. The fraction of sp³-hybridized carbons (Fsp3) is 0.462. The molecule has 0 aromatic heterocycles. The second kappa shape index (κ2) is 5.87. The van der Waals surface area contributed by atoms with Crippen LogP contribution in [0.15, 0.2) is 24.3 Å². The van der Waals surface area contributed by atoms with Crippen molar-refractivity contribution in [2.75, 3.05) is 31.1 Å². The molecule has 1 amide bonds. The highest BCUT2D eigenvalue weighted by Gasteiger charge is 2.47. The first-order valence-electron chi connectivity index (χ1n) is 6.29. The zero-order valence-electron chi connectivity index (χ0n) is 10.9. The van der Waals surface area contributed by atoms with E-state index in [9.17, 15) is 26.7 Å². The van der Waals surface area contributed by atoms with E-state index >= 15 is 0 Å². The lowest BCUT2D eigenvalue weighted by atomic mass is 10.2. The van der Waals surface area contributed by atoms with E-state index in [4.69, 9.17) is 0 Å². The summed E-state index contributed by atoms with van der Waals surface area (Å²) in [7, 11) is 0. The fourth-order valence-electron chi connectivity index (χ4n) is 2.14. The number of hydrogen-bond donors (Lipinski definition) is 0. The first-order chi connectivity index (χ1) is 9.79. The second-order valence-corrected chi connectivity index (χ2v) is 4.69. The van der Waals surface area contributed by atoms with Crippen LogP contribution in [0.2, 0.25) is 0 Å². The summed E-state index contributed by atoms with van der Waals surface area (Å²) in [5.41, 5.74) is 0.705. The van der Waals surface area contributed by atoms with Crippen LogP contribution in [-0.4, -0.2) is 49.3 Å². The molecule has 0 spiro atoms. The van der Waals surface area contributed by atoms with Gasteiger partial charge in [-0.15, -0.1) is 0 Å². The van der Waals surface area contributed by atoms with Crippen molar-refractivity contribution in [2.24, 2.45) is 0 Å². The Labute approximate surface area is 117 Å². The van der Waals surface area contributed by atoms with Gasteiger partial charge in [-0.1, -0.05) is 0 Å².